The fourth-order valence-corrected chi connectivity index (χ4v) is 6.22. The number of hydrogen-bond donors (Lipinski definition) is 1. The Morgan fingerprint density at radius 2 is 2.04 bits per heavy atom. The van der Waals surface area contributed by atoms with Crippen LogP contribution in [-0.4, -0.2) is 37.8 Å². The molecule has 1 saturated heterocycles. The van der Waals surface area contributed by atoms with Gasteiger partial charge < -0.3 is 9.73 Å². The first-order valence-corrected chi connectivity index (χ1v) is 11.6. The van der Waals surface area contributed by atoms with Gasteiger partial charge in [-0.15, -0.1) is 11.3 Å². The lowest BCUT2D eigenvalue weighted by Crippen LogP contribution is -2.35. The molecule has 1 fully saturated rings. The Kier molecular flexibility index (Phi) is 6.73. The molecule has 1 atom stereocenters. The highest BCUT2D eigenvalue weighted by atomic mass is 32.2. The van der Waals surface area contributed by atoms with Crippen LogP contribution in [0.4, 0.5) is 0 Å². The van der Waals surface area contributed by atoms with Crippen molar-refractivity contribution in [2.75, 3.05) is 13.1 Å². The van der Waals surface area contributed by atoms with E-state index in [0.717, 1.165) is 42.7 Å². The van der Waals surface area contributed by atoms with Gasteiger partial charge in [-0.3, -0.25) is 4.79 Å². The predicted octanol–water partition coefficient (Wildman–Crippen LogP) is 3.20. The minimum absolute atomic E-state index is 0.0270. The topological polar surface area (TPSA) is 79.6 Å². The van der Waals surface area contributed by atoms with E-state index < -0.39 is 10.0 Å². The predicted molar refractivity (Wildman–Crippen MR) is 105 cm³/mol. The number of carbonyl (C=O) groups is 1. The summed E-state index contributed by atoms with van der Waals surface area (Å²) in [5.74, 6) is 0.813. The smallest absolute Gasteiger partial charge is 0.252 e. The van der Waals surface area contributed by atoms with Gasteiger partial charge in [0.1, 0.15) is 9.97 Å². The summed E-state index contributed by atoms with van der Waals surface area (Å²) in [6, 6.07) is 7.17. The van der Waals surface area contributed by atoms with Gasteiger partial charge in [0.25, 0.3) is 10.0 Å². The van der Waals surface area contributed by atoms with Crippen LogP contribution in [0.5, 0.6) is 0 Å². The minimum Gasteiger partial charge on any atom is -0.469 e. The number of nitrogens with zero attached hydrogens (tertiary/aromatic N) is 1. The number of aryl methyl sites for hydroxylation is 1. The number of piperidine rings is 1. The van der Waals surface area contributed by atoms with Crippen molar-refractivity contribution in [2.45, 2.75) is 55.7 Å². The van der Waals surface area contributed by atoms with Crippen LogP contribution < -0.4 is 5.32 Å². The summed E-state index contributed by atoms with van der Waals surface area (Å²) < 4.78 is 32.6. The molecule has 3 rings (SSSR count). The highest BCUT2D eigenvalue weighted by molar-refractivity contribution is 7.91. The normalized spacial score (nSPS) is 16.9. The molecule has 0 radical (unpaired) electrons. The van der Waals surface area contributed by atoms with E-state index >= 15 is 0 Å². The summed E-state index contributed by atoms with van der Waals surface area (Å²) in [4.78, 5) is 13.0. The Hall–Kier alpha value is -1.64. The van der Waals surface area contributed by atoms with Gasteiger partial charge in [0.05, 0.1) is 12.7 Å². The van der Waals surface area contributed by atoms with Gasteiger partial charge in [-0.25, -0.2) is 8.42 Å². The second kappa shape index (κ2) is 9.03. The Morgan fingerprint density at radius 1 is 1.26 bits per heavy atom. The van der Waals surface area contributed by atoms with Crippen LogP contribution in [-0.2, 0) is 27.7 Å². The standard InChI is InChI=1S/C19H26N2O4S2/c1-15(7-8-16-6-5-13-25-16)20-18(22)14-17-9-10-19(26-17)27(23,24)21-11-3-2-4-12-21/h5-6,9-10,13,15H,2-4,7-8,11-12,14H2,1H3,(H,20,22). The highest BCUT2D eigenvalue weighted by Gasteiger charge is 2.27. The second-order valence-corrected chi connectivity index (χ2v) is 10.3. The number of rotatable bonds is 8. The third-order valence-corrected chi connectivity index (χ3v) is 8.14. The Bertz CT molecular complexity index is 837. The Morgan fingerprint density at radius 3 is 2.74 bits per heavy atom. The molecule has 1 aliphatic rings. The fraction of sp³-hybridized carbons (Fsp3) is 0.526. The van der Waals surface area contributed by atoms with Gasteiger partial charge in [0.15, 0.2) is 0 Å². The molecule has 1 unspecified atom stereocenters. The number of carbonyl (C=O) groups excluding carboxylic acids is 1. The van der Waals surface area contributed by atoms with Gasteiger partial charge in [-0.1, -0.05) is 6.42 Å². The van der Waals surface area contributed by atoms with Gasteiger partial charge >= 0.3 is 0 Å². The number of thiophene rings is 1. The van der Waals surface area contributed by atoms with Crippen LogP contribution >= 0.6 is 11.3 Å². The van der Waals surface area contributed by atoms with Crippen molar-refractivity contribution in [3.05, 3.63) is 41.2 Å². The average molecular weight is 411 g/mol. The monoisotopic (exact) mass is 410 g/mol. The number of furan rings is 1. The van der Waals surface area contributed by atoms with E-state index in [2.05, 4.69) is 5.32 Å². The van der Waals surface area contributed by atoms with Crippen LogP contribution in [0.1, 0.15) is 43.2 Å². The molecule has 0 aromatic carbocycles. The fourth-order valence-electron chi connectivity index (χ4n) is 3.19. The van der Waals surface area contributed by atoms with E-state index in [1.54, 1.807) is 22.7 Å². The quantitative estimate of drug-likeness (QED) is 0.725. The number of amides is 1. The highest BCUT2D eigenvalue weighted by Crippen LogP contribution is 2.27. The minimum atomic E-state index is -3.42. The zero-order chi connectivity index (χ0) is 19.3. The molecular weight excluding hydrogens is 384 g/mol. The summed E-state index contributed by atoms with van der Waals surface area (Å²) in [7, 11) is -3.42. The molecular formula is C19H26N2O4S2. The van der Waals surface area contributed by atoms with E-state index in [1.165, 1.54) is 11.3 Å². The number of sulfonamides is 1. The van der Waals surface area contributed by atoms with Crippen LogP contribution in [0.15, 0.2) is 39.2 Å². The molecule has 1 N–H and O–H groups in total. The maximum atomic E-state index is 12.7. The molecule has 2 aromatic heterocycles. The van der Waals surface area contributed by atoms with E-state index in [4.69, 9.17) is 4.42 Å². The van der Waals surface area contributed by atoms with E-state index in [-0.39, 0.29) is 18.4 Å². The van der Waals surface area contributed by atoms with Crippen molar-refractivity contribution in [3.63, 3.8) is 0 Å². The molecule has 0 saturated carbocycles. The summed E-state index contributed by atoms with van der Waals surface area (Å²) in [6.07, 6.45) is 6.31. The van der Waals surface area contributed by atoms with Gasteiger partial charge in [-0.05, 0) is 50.5 Å². The SMILES string of the molecule is CC(CCc1ccco1)NC(=O)Cc1ccc(S(=O)(=O)N2CCCCC2)s1. The van der Waals surface area contributed by atoms with Crippen molar-refractivity contribution in [3.8, 4) is 0 Å². The Balaban J connectivity index is 1.51. The molecule has 1 aliphatic heterocycles. The van der Waals surface area contributed by atoms with Crippen molar-refractivity contribution in [2.24, 2.45) is 0 Å². The maximum absolute atomic E-state index is 12.7. The molecule has 27 heavy (non-hydrogen) atoms. The summed E-state index contributed by atoms with van der Waals surface area (Å²) in [6.45, 7) is 3.13. The second-order valence-electron chi connectivity index (χ2n) is 6.95. The molecule has 1 amide bonds. The van der Waals surface area contributed by atoms with Crippen LogP contribution in [0, 0.1) is 0 Å². The van der Waals surface area contributed by atoms with E-state index in [1.807, 2.05) is 19.1 Å². The molecule has 8 heteroatoms. The van der Waals surface area contributed by atoms with Crippen LogP contribution in [0.25, 0.3) is 0 Å². The molecule has 6 nitrogen and oxygen atoms in total. The summed E-state index contributed by atoms with van der Waals surface area (Å²) >= 11 is 1.19. The van der Waals surface area contributed by atoms with Gasteiger partial charge in [-0.2, -0.15) is 4.31 Å². The zero-order valence-electron chi connectivity index (χ0n) is 15.5. The average Bonchev–Trinajstić information content (AvgIpc) is 3.32. The first-order valence-electron chi connectivity index (χ1n) is 9.36. The van der Waals surface area contributed by atoms with E-state index in [9.17, 15) is 13.2 Å². The van der Waals surface area contributed by atoms with Crippen LogP contribution in [0.2, 0.25) is 0 Å². The first-order chi connectivity index (χ1) is 12.9. The molecule has 0 aliphatic carbocycles. The zero-order valence-corrected chi connectivity index (χ0v) is 17.2. The lowest BCUT2D eigenvalue weighted by atomic mass is 10.1. The van der Waals surface area contributed by atoms with Gasteiger partial charge in [0.2, 0.25) is 5.91 Å². The number of nitrogens with one attached hydrogen (secondary N) is 1. The van der Waals surface area contributed by atoms with Crippen molar-refractivity contribution in [1.29, 1.82) is 0 Å². The first kappa shape index (κ1) is 20.1. The number of hydrogen-bond acceptors (Lipinski definition) is 5. The largest absolute Gasteiger partial charge is 0.469 e. The maximum Gasteiger partial charge on any atom is 0.252 e. The third-order valence-electron chi connectivity index (χ3n) is 4.69. The van der Waals surface area contributed by atoms with Gasteiger partial charge in [0, 0.05) is 30.4 Å². The van der Waals surface area contributed by atoms with Crippen LogP contribution in [0.3, 0.4) is 0 Å². The summed E-state index contributed by atoms with van der Waals surface area (Å²) in [5.41, 5.74) is 0. The molecule has 0 bridgehead atoms. The van der Waals surface area contributed by atoms with E-state index in [0.29, 0.717) is 17.3 Å². The third kappa shape index (κ3) is 5.43. The molecule has 2 aromatic rings. The Labute approximate surface area is 164 Å². The van der Waals surface area contributed by atoms with Crippen molar-refractivity contribution >= 4 is 27.3 Å². The van der Waals surface area contributed by atoms with Crippen molar-refractivity contribution in [1.82, 2.24) is 9.62 Å². The molecule has 3 heterocycles. The molecule has 148 valence electrons. The van der Waals surface area contributed by atoms with Crippen molar-refractivity contribution < 1.29 is 17.6 Å². The molecule has 0 spiro atoms. The lowest BCUT2D eigenvalue weighted by molar-refractivity contribution is -0.121. The summed E-state index contributed by atoms with van der Waals surface area (Å²) in [5, 5.41) is 2.97. The lowest BCUT2D eigenvalue weighted by Gasteiger charge is -2.25.